The third-order valence-electron chi connectivity index (χ3n) is 2.51. The van der Waals surface area contributed by atoms with Crippen molar-refractivity contribution < 1.29 is 5.11 Å². The van der Waals surface area contributed by atoms with Crippen molar-refractivity contribution in [3.05, 3.63) is 0 Å². The Labute approximate surface area is 76.2 Å². The Balaban J connectivity index is 2.05. The standard InChI is InChI=1S/C7H13N5O/c1-3-7(13)4-12(5-7)6-8-9-10-11(6)2/h13H,3-5H2,1-2H3. The van der Waals surface area contributed by atoms with Crippen LogP contribution in [0.4, 0.5) is 5.95 Å². The van der Waals surface area contributed by atoms with E-state index in [-0.39, 0.29) is 0 Å². The highest BCUT2D eigenvalue weighted by molar-refractivity contribution is 5.35. The lowest BCUT2D eigenvalue weighted by atomic mass is 9.92. The second-order valence-electron chi connectivity index (χ2n) is 3.54. The topological polar surface area (TPSA) is 67.1 Å². The first-order valence-corrected chi connectivity index (χ1v) is 4.34. The highest BCUT2D eigenvalue weighted by Crippen LogP contribution is 2.27. The first-order chi connectivity index (χ1) is 6.14. The van der Waals surface area contributed by atoms with Crippen molar-refractivity contribution in [1.82, 2.24) is 20.2 Å². The van der Waals surface area contributed by atoms with Crippen molar-refractivity contribution in [3.8, 4) is 0 Å². The van der Waals surface area contributed by atoms with E-state index in [2.05, 4.69) is 15.5 Å². The molecular formula is C7H13N5O. The summed E-state index contributed by atoms with van der Waals surface area (Å²) in [7, 11) is 1.79. The second-order valence-corrected chi connectivity index (χ2v) is 3.54. The monoisotopic (exact) mass is 183 g/mol. The molecule has 1 aliphatic heterocycles. The molecule has 1 N–H and O–H groups in total. The molecule has 6 nitrogen and oxygen atoms in total. The molecule has 0 amide bonds. The largest absolute Gasteiger partial charge is 0.386 e. The SMILES string of the molecule is CCC1(O)CN(c2nnnn2C)C1. The summed E-state index contributed by atoms with van der Waals surface area (Å²) in [6.45, 7) is 3.22. The molecule has 1 fully saturated rings. The average molecular weight is 183 g/mol. The molecule has 0 atom stereocenters. The van der Waals surface area contributed by atoms with Gasteiger partial charge in [0.15, 0.2) is 0 Å². The number of aromatic nitrogens is 4. The minimum absolute atomic E-state index is 0.536. The predicted octanol–water partition coefficient (Wildman–Crippen LogP) is -0.829. The third kappa shape index (κ3) is 1.27. The smallest absolute Gasteiger partial charge is 0.245 e. The molecule has 1 aromatic rings. The molecule has 2 heterocycles. The molecule has 13 heavy (non-hydrogen) atoms. The van der Waals surface area contributed by atoms with Crippen molar-refractivity contribution in [2.45, 2.75) is 18.9 Å². The average Bonchev–Trinajstić information content (AvgIpc) is 2.46. The van der Waals surface area contributed by atoms with Crippen LogP contribution in [0.5, 0.6) is 0 Å². The van der Waals surface area contributed by atoms with Gasteiger partial charge in [-0.2, -0.15) is 0 Å². The van der Waals surface area contributed by atoms with Gasteiger partial charge in [-0.05, 0) is 16.8 Å². The fourth-order valence-electron chi connectivity index (χ4n) is 1.52. The zero-order valence-corrected chi connectivity index (χ0v) is 7.80. The van der Waals surface area contributed by atoms with Crippen molar-refractivity contribution in [2.75, 3.05) is 18.0 Å². The summed E-state index contributed by atoms with van der Waals surface area (Å²) >= 11 is 0. The van der Waals surface area contributed by atoms with E-state index in [0.717, 1.165) is 12.4 Å². The molecule has 0 aromatic carbocycles. The van der Waals surface area contributed by atoms with Crippen LogP contribution in [0.3, 0.4) is 0 Å². The van der Waals surface area contributed by atoms with Gasteiger partial charge in [-0.3, -0.25) is 0 Å². The highest BCUT2D eigenvalue weighted by Gasteiger charge is 2.41. The molecule has 0 unspecified atom stereocenters. The second kappa shape index (κ2) is 2.66. The van der Waals surface area contributed by atoms with Gasteiger partial charge in [-0.1, -0.05) is 12.0 Å². The lowest BCUT2D eigenvalue weighted by Crippen LogP contribution is -2.62. The lowest BCUT2D eigenvalue weighted by molar-refractivity contribution is 0.00719. The normalized spacial score (nSPS) is 20.1. The maximum atomic E-state index is 9.76. The zero-order chi connectivity index (χ0) is 9.47. The predicted molar refractivity (Wildman–Crippen MR) is 46.3 cm³/mol. The minimum atomic E-state index is -0.536. The van der Waals surface area contributed by atoms with Crippen molar-refractivity contribution in [3.63, 3.8) is 0 Å². The van der Waals surface area contributed by atoms with E-state index in [9.17, 15) is 5.11 Å². The van der Waals surface area contributed by atoms with E-state index < -0.39 is 5.60 Å². The molecule has 0 radical (unpaired) electrons. The Morgan fingerprint density at radius 1 is 1.54 bits per heavy atom. The molecule has 0 bridgehead atoms. The fraction of sp³-hybridized carbons (Fsp3) is 0.857. The molecule has 72 valence electrons. The number of hydrogen-bond acceptors (Lipinski definition) is 5. The molecule has 1 saturated heterocycles. The van der Waals surface area contributed by atoms with Gasteiger partial charge in [0.1, 0.15) is 0 Å². The van der Waals surface area contributed by atoms with E-state index in [1.54, 1.807) is 11.7 Å². The number of aliphatic hydroxyl groups is 1. The van der Waals surface area contributed by atoms with Crippen LogP contribution in [-0.4, -0.2) is 44.0 Å². The van der Waals surface area contributed by atoms with Crippen LogP contribution < -0.4 is 4.90 Å². The Morgan fingerprint density at radius 2 is 2.23 bits per heavy atom. The van der Waals surface area contributed by atoms with E-state index in [4.69, 9.17) is 0 Å². The first kappa shape index (κ1) is 8.43. The number of hydrogen-bond donors (Lipinski definition) is 1. The third-order valence-corrected chi connectivity index (χ3v) is 2.51. The van der Waals surface area contributed by atoms with Gasteiger partial charge in [0, 0.05) is 7.05 Å². The van der Waals surface area contributed by atoms with Crippen LogP contribution in [0.25, 0.3) is 0 Å². The Hall–Kier alpha value is -1.17. The maximum Gasteiger partial charge on any atom is 0.245 e. The van der Waals surface area contributed by atoms with Crippen LogP contribution in [0.15, 0.2) is 0 Å². The van der Waals surface area contributed by atoms with Crippen LogP contribution in [-0.2, 0) is 7.05 Å². The van der Waals surface area contributed by atoms with Gasteiger partial charge < -0.3 is 10.0 Å². The minimum Gasteiger partial charge on any atom is -0.386 e. The van der Waals surface area contributed by atoms with Gasteiger partial charge in [-0.25, -0.2) is 4.68 Å². The number of anilines is 1. The van der Waals surface area contributed by atoms with E-state index in [1.165, 1.54) is 0 Å². The highest BCUT2D eigenvalue weighted by atomic mass is 16.3. The fourth-order valence-corrected chi connectivity index (χ4v) is 1.52. The Kier molecular flexibility index (Phi) is 1.73. The summed E-state index contributed by atoms with van der Waals surface area (Å²) in [5.41, 5.74) is -0.536. The maximum absolute atomic E-state index is 9.76. The summed E-state index contributed by atoms with van der Waals surface area (Å²) in [4.78, 5) is 1.96. The summed E-state index contributed by atoms with van der Waals surface area (Å²) in [6.07, 6.45) is 0.773. The van der Waals surface area contributed by atoms with Crippen molar-refractivity contribution >= 4 is 5.95 Å². The Bertz CT molecular complexity index is 304. The van der Waals surface area contributed by atoms with Crippen molar-refractivity contribution in [1.29, 1.82) is 0 Å². The molecule has 0 aliphatic carbocycles. The quantitative estimate of drug-likeness (QED) is 0.648. The van der Waals surface area contributed by atoms with Gasteiger partial charge in [-0.15, -0.1) is 0 Å². The number of aryl methyl sites for hydroxylation is 1. The molecule has 1 aliphatic rings. The van der Waals surface area contributed by atoms with E-state index in [0.29, 0.717) is 13.1 Å². The van der Waals surface area contributed by atoms with Crippen LogP contribution in [0.1, 0.15) is 13.3 Å². The first-order valence-electron chi connectivity index (χ1n) is 4.34. The lowest BCUT2D eigenvalue weighted by Gasteiger charge is -2.45. The summed E-state index contributed by atoms with van der Waals surface area (Å²) < 4.78 is 1.61. The van der Waals surface area contributed by atoms with Crippen LogP contribution in [0.2, 0.25) is 0 Å². The number of tetrazole rings is 1. The molecule has 0 saturated carbocycles. The van der Waals surface area contributed by atoms with Crippen molar-refractivity contribution in [2.24, 2.45) is 7.05 Å². The van der Waals surface area contributed by atoms with Gasteiger partial charge >= 0.3 is 0 Å². The van der Waals surface area contributed by atoms with Gasteiger partial charge in [0.25, 0.3) is 0 Å². The summed E-state index contributed by atoms with van der Waals surface area (Å²) in [5.74, 6) is 0.720. The van der Waals surface area contributed by atoms with Crippen LogP contribution >= 0.6 is 0 Å². The summed E-state index contributed by atoms with van der Waals surface area (Å²) in [5, 5.41) is 20.9. The van der Waals surface area contributed by atoms with Gasteiger partial charge in [0.05, 0.1) is 18.7 Å². The summed E-state index contributed by atoms with van der Waals surface area (Å²) in [6, 6.07) is 0. The van der Waals surface area contributed by atoms with Crippen LogP contribution in [0, 0.1) is 0 Å². The molecule has 0 spiro atoms. The molecule has 2 rings (SSSR count). The van der Waals surface area contributed by atoms with Gasteiger partial charge in [0.2, 0.25) is 5.95 Å². The van der Waals surface area contributed by atoms with E-state index in [1.807, 2.05) is 11.8 Å². The zero-order valence-electron chi connectivity index (χ0n) is 7.80. The number of β-amino-alcohol motifs (C(OH)–C–C–N with tert-alkyl or cyclic N) is 1. The molecular weight excluding hydrogens is 170 g/mol. The Morgan fingerprint density at radius 3 is 2.69 bits per heavy atom. The number of rotatable bonds is 2. The molecule has 6 heteroatoms. The van der Waals surface area contributed by atoms with E-state index >= 15 is 0 Å². The molecule has 1 aromatic heterocycles. The number of nitrogens with zero attached hydrogens (tertiary/aromatic N) is 5.